The second-order valence-electron chi connectivity index (χ2n) is 8.05. The fourth-order valence-electron chi connectivity index (χ4n) is 4.15. The number of hydrogen-bond acceptors (Lipinski definition) is 5. The summed E-state index contributed by atoms with van der Waals surface area (Å²) >= 11 is 0. The fraction of sp³-hybridized carbons (Fsp3) is 0.250. The Labute approximate surface area is 189 Å². The predicted molar refractivity (Wildman–Crippen MR) is 115 cm³/mol. The van der Waals surface area contributed by atoms with Crippen molar-refractivity contribution in [2.75, 3.05) is 13.2 Å². The molecule has 2 aliphatic rings. The van der Waals surface area contributed by atoms with E-state index in [2.05, 4.69) is 10.3 Å². The van der Waals surface area contributed by atoms with Crippen molar-refractivity contribution in [1.29, 1.82) is 0 Å². The number of imidazole rings is 1. The first-order valence-electron chi connectivity index (χ1n) is 10.7. The van der Waals surface area contributed by atoms with Crippen LogP contribution in [0.2, 0.25) is 0 Å². The molecule has 1 aromatic heterocycles. The zero-order valence-electron chi connectivity index (χ0n) is 17.7. The Bertz CT molecular complexity index is 1240. The van der Waals surface area contributed by atoms with E-state index in [0.29, 0.717) is 17.9 Å². The van der Waals surface area contributed by atoms with Crippen LogP contribution in [0.5, 0.6) is 0 Å². The van der Waals surface area contributed by atoms with E-state index >= 15 is 0 Å². The van der Waals surface area contributed by atoms with Gasteiger partial charge in [0.05, 0.1) is 35.8 Å². The van der Waals surface area contributed by atoms with Gasteiger partial charge in [0.25, 0.3) is 17.7 Å². The number of imide groups is 1. The van der Waals surface area contributed by atoms with Crippen molar-refractivity contribution in [2.45, 2.75) is 25.5 Å². The summed E-state index contributed by atoms with van der Waals surface area (Å²) in [5.41, 5.74) is 1.69. The molecule has 33 heavy (non-hydrogen) atoms. The van der Waals surface area contributed by atoms with Gasteiger partial charge in [-0.25, -0.2) is 9.37 Å². The van der Waals surface area contributed by atoms with Gasteiger partial charge in [-0.1, -0.05) is 6.07 Å². The Balaban J connectivity index is 1.26. The molecule has 168 valence electrons. The average Bonchev–Trinajstić information content (AvgIpc) is 3.57. The highest BCUT2D eigenvalue weighted by Crippen LogP contribution is 2.26. The minimum absolute atomic E-state index is 0.106. The van der Waals surface area contributed by atoms with Crippen LogP contribution in [0.3, 0.4) is 0 Å². The highest BCUT2D eigenvalue weighted by Gasteiger charge is 2.37. The van der Waals surface area contributed by atoms with Crippen LogP contribution in [-0.2, 0) is 11.3 Å². The summed E-state index contributed by atoms with van der Waals surface area (Å²) < 4.78 is 21.5. The summed E-state index contributed by atoms with van der Waals surface area (Å²) in [5.74, 6) is -1.65. The molecule has 9 heteroatoms. The molecular weight excluding hydrogens is 427 g/mol. The SMILES string of the molecule is O=C(NCc1ccc(-n2ccnc2)c(F)c1)c1ccc2c(c1)C(=O)N(CC1CCCO1)C2=O. The molecule has 1 fully saturated rings. The van der Waals surface area contributed by atoms with Crippen LogP contribution in [0.25, 0.3) is 5.69 Å². The molecule has 3 heterocycles. The number of nitrogens with zero attached hydrogens (tertiary/aromatic N) is 3. The number of rotatable bonds is 6. The van der Waals surface area contributed by atoms with Crippen LogP contribution < -0.4 is 5.32 Å². The van der Waals surface area contributed by atoms with Crippen LogP contribution in [0, 0.1) is 5.82 Å². The predicted octanol–water partition coefficient (Wildman–Crippen LogP) is 2.72. The van der Waals surface area contributed by atoms with Gasteiger partial charge in [-0.2, -0.15) is 0 Å². The van der Waals surface area contributed by atoms with Gasteiger partial charge >= 0.3 is 0 Å². The molecule has 5 rings (SSSR count). The molecule has 1 saturated heterocycles. The molecule has 0 saturated carbocycles. The van der Waals surface area contributed by atoms with Gasteiger partial charge in [-0.3, -0.25) is 19.3 Å². The Kier molecular flexibility index (Phi) is 5.47. The largest absolute Gasteiger partial charge is 0.376 e. The summed E-state index contributed by atoms with van der Waals surface area (Å²) in [6, 6.07) is 9.12. The second kappa shape index (κ2) is 8.59. The molecule has 8 nitrogen and oxygen atoms in total. The smallest absolute Gasteiger partial charge is 0.261 e. The van der Waals surface area contributed by atoms with Crippen LogP contribution in [0.1, 0.15) is 49.5 Å². The summed E-state index contributed by atoms with van der Waals surface area (Å²) in [6.45, 7) is 0.956. The maximum absolute atomic E-state index is 14.4. The van der Waals surface area contributed by atoms with E-state index in [9.17, 15) is 18.8 Å². The van der Waals surface area contributed by atoms with Gasteiger partial charge in [0.2, 0.25) is 0 Å². The molecule has 2 aromatic carbocycles. The van der Waals surface area contributed by atoms with Gasteiger partial charge in [-0.05, 0) is 48.7 Å². The van der Waals surface area contributed by atoms with Crippen molar-refractivity contribution in [2.24, 2.45) is 0 Å². The van der Waals surface area contributed by atoms with E-state index in [1.807, 2.05) is 0 Å². The molecule has 3 aromatic rings. The van der Waals surface area contributed by atoms with Gasteiger partial charge in [0.15, 0.2) is 0 Å². The number of fused-ring (bicyclic) bond motifs is 1. The zero-order valence-corrected chi connectivity index (χ0v) is 17.7. The topological polar surface area (TPSA) is 93.5 Å². The number of ether oxygens (including phenoxy) is 1. The lowest BCUT2D eigenvalue weighted by atomic mass is 10.1. The van der Waals surface area contributed by atoms with E-state index in [1.165, 1.54) is 35.5 Å². The average molecular weight is 448 g/mol. The Morgan fingerprint density at radius 3 is 2.73 bits per heavy atom. The van der Waals surface area contributed by atoms with Crippen molar-refractivity contribution in [1.82, 2.24) is 19.8 Å². The number of nitrogens with one attached hydrogen (secondary N) is 1. The molecule has 0 aliphatic carbocycles. The highest BCUT2D eigenvalue weighted by molar-refractivity contribution is 6.22. The second-order valence-corrected chi connectivity index (χ2v) is 8.05. The summed E-state index contributed by atoms with van der Waals surface area (Å²) in [4.78, 5) is 43.2. The fourth-order valence-corrected chi connectivity index (χ4v) is 4.15. The van der Waals surface area contributed by atoms with Crippen LogP contribution in [0.15, 0.2) is 55.1 Å². The van der Waals surface area contributed by atoms with E-state index in [0.717, 1.165) is 12.8 Å². The highest BCUT2D eigenvalue weighted by atomic mass is 19.1. The summed E-state index contributed by atoms with van der Waals surface area (Å²) in [6.07, 6.45) is 6.28. The van der Waals surface area contributed by atoms with Crippen LogP contribution in [0.4, 0.5) is 4.39 Å². The molecule has 0 spiro atoms. The normalized spacial score (nSPS) is 17.5. The third kappa shape index (κ3) is 4.03. The first-order valence-corrected chi connectivity index (χ1v) is 10.7. The van der Waals surface area contributed by atoms with Crippen molar-refractivity contribution in [3.63, 3.8) is 0 Å². The number of amides is 3. The molecule has 3 amide bonds. The van der Waals surface area contributed by atoms with Crippen molar-refractivity contribution < 1.29 is 23.5 Å². The van der Waals surface area contributed by atoms with E-state index < -0.39 is 17.6 Å². The molecule has 0 radical (unpaired) electrons. The van der Waals surface area contributed by atoms with Gasteiger partial charge in [-0.15, -0.1) is 0 Å². The molecule has 0 bridgehead atoms. The molecule has 2 aliphatic heterocycles. The van der Waals surface area contributed by atoms with E-state index in [-0.39, 0.29) is 41.8 Å². The minimum Gasteiger partial charge on any atom is -0.376 e. The number of hydrogen-bond donors (Lipinski definition) is 1. The van der Waals surface area contributed by atoms with E-state index in [1.54, 1.807) is 29.1 Å². The van der Waals surface area contributed by atoms with Crippen molar-refractivity contribution in [3.8, 4) is 5.69 Å². The lowest BCUT2D eigenvalue weighted by Crippen LogP contribution is -2.36. The van der Waals surface area contributed by atoms with Crippen molar-refractivity contribution in [3.05, 3.63) is 83.2 Å². The lowest BCUT2D eigenvalue weighted by Gasteiger charge is -2.17. The molecule has 1 N–H and O–H groups in total. The standard InChI is InChI=1S/C24H21FN4O4/c25-20-10-15(3-6-21(20)28-8-7-26-14-28)12-27-22(30)16-4-5-18-19(11-16)24(32)29(23(18)31)13-17-2-1-9-33-17/h3-8,10-11,14,17H,1-2,9,12-13H2,(H,27,30). The van der Waals surface area contributed by atoms with Crippen LogP contribution in [-0.4, -0.2) is 51.4 Å². The molecular formula is C24H21FN4O4. The van der Waals surface area contributed by atoms with Gasteiger partial charge in [0.1, 0.15) is 5.82 Å². The number of carbonyl (C=O) groups excluding carboxylic acids is 3. The maximum atomic E-state index is 14.4. The Morgan fingerprint density at radius 2 is 2.00 bits per heavy atom. The van der Waals surface area contributed by atoms with Crippen LogP contribution >= 0.6 is 0 Å². The third-order valence-electron chi connectivity index (χ3n) is 5.89. The number of halogens is 1. The quantitative estimate of drug-likeness (QED) is 0.586. The van der Waals surface area contributed by atoms with Gasteiger partial charge in [0, 0.05) is 31.1 Å². The Hall–Kier alpha value is -3.85. The third-order valence-corrected chi connectivity index (χ3v) is 5.89. The monoisotopic (exact) mass is 448 g/mol. The number of aromatic nitrogens is 2. The zero-order chi connectivity index (χ0) is 22.9. The maximum Gasteiger partial charge on any atom is 0.261 e. The van der Waals surface area contributed by atoms with Crippen molar-refractivity contribution >= 4 is 17.7 Å². The summed E-state index contributed by atoms with van der Waals surface area (Å²) in [7, 11) is 0. The van der Waals surface area contributed by atoms with Gasteiger partial charge < -0.3 is 14.6 Å². The lowest BCUT2D eigenvalue weighted by molar-refractivity contribution is 0.0475. The number of benzene rings is 2. The first kappa shape index (κ1) is 21.0. The summed E-state index contributed by atoms with van der Waals surface area (Å²) in [5, 5.41) is 2.73. The minimum atomic E-state index is -0.437. The molecule has 1 unspecified atom stereocenters. The number of carbonyl (C=O) groups is 3. The first-order chi connectivity index (χ1) is 16.0. The Morgan fingerprint density at radius 1 is 1.15 bits per heavy atom. The molecule has 1 atom stereocenters. The van der Waals surface area contributed by atoms with E-state index in [4.69, 9.17) is 4.74 Å².